The maximum absolute atomic E-state index is 12.5. The molecule has 2 heterocycles. The number of hydrogen-bond donors (Lipinski definition) is 3. The number of carbonyl (C=O) groups excluding carboxylic acids is 1. The molecule has 0 fully saturated rings. The van der Waals surface area contributed by atoms with Crippen molar-refractivity contribution in [2.75, 3.05) is 50.6 Å². The third-order valence-corrected chi connectivity index (χ3v) is 6.25. The van der Waals surface area contributed by atoms with Crippen molar-refractivity contribution in [3.8, 4) is 11.5 Å². The lowest BCUT2D eigenvalue weighted by atomic mass is 10.2. The standard InChI is InChI=1S/C28H31ClN6O4/c1-3-35(11-12-36)10-5-13-39-25-16-23-22(15-24(25)38-2)27(32-18-31-23)33-21-8-9-26(30-17-21)34-28(37)19-6-4-7-20(29)14-19/h4,6-9,14-18,36H,3,5,10-13H2,1-2H3,(H,30,34,37)(H,31,32,33). The molecule has 2 aromatic heterocycles. The summed E-state index contributed by atoms with van der Waals surface area (Å²) >= 11 is 5.97. The van der Waals surface area contributed by atoms with E-state index in [1.165, 1.54) is 6.33 Å². The van der Waals surface area contributed by atoms with Crippen LogP contribution in [0.4, 0.5) is 17.3 Å². The second-order valence-corrected chi connectivity index (χ2v) is 9.06. The molecule has 0 saturated carbocycles. The first-order valence-corrected chi connectivity index (χ1v) is 13.0. The summed E-state index contributed by atoms with van der Waals surface area (Å²) < 4.78 is 11.6. The van der Waals surface area contributed by atoms with Gasteiger partial charge in [-0.1, -0.05) is 24.6 Å². The van der Waals surface area contributed by atoms with Crippen LogP contribution >= 0.6 is 11.6 Å². The first kappa shape index (κ1) is 28.0. The number of hydrogen-bond acceptors (Lipinski definition) is 9. The van der Waals surface area contributed by atoms with E-state index >= 15 is 0 Å². The number of benzene rings is 2. The first-order chi connectivity index (χ1) is 19.0. The predicted octanol–water partition coefficient (Wildman–Crippen LogP) is 4.77. The van der Waals surface area contributed by atoms with E-state index in [1.807, 2.05) is 12.1 Å². The molecule has 4 rings (SSSR count). The molecule has 1 amide bonds. The zero-order valence-electron chi connectivity index (χ0n) is 21.9. The molecule has 4 aromatic rings. The van der Waals surface area contributed by atoms with Crippen molar-refractivity contribution in [2.24, 2.45) is 0 Å². The number of pyridine rings is 1. The number of amides is 1. The number of ether oxygens (including phenoxy) is 2. The SMILES string of the molecule is CCN(CCO)CCCOc1cc2ncnc(Nc3ccc(NC(=O)c4cccc(Cl)c4)nc3)c2cc1OC. The van der Waals surface area contributed by atoms with Crippen molar-refractivity contribution in [1.82, 2.24) is 19.9 Å². The molecule has 0 radical (unpaired) electrons. The fourth-order valence-corrected chi connectivity index (χ4v) is 4.16. The molecule has 0 spiro atoms. The molecule has 11 heteroatoms. The Morgan fingerprint density at radius 2 is 1.95 bits per heavy atom. The monoisotopic (exact) mass is 550 g/mol. The van der Waals surface area contributed by atoms with Gasteiger partial charge in [0.15, 0.2) is 11.5 Å². The average Bonchev–Trinajstić information content (AvgIpc) is 2.95. The average molecular weight is 551 g/mol. The van der Waals surface area contributed by atoms with E-state index in [9.17, 15) is 4.79 Å². The summed E-state index contributed by atoms with van der Waals surface area (Å²) in [7, 11) is 1.59. The summed E-state index contributed by atoms with van der Waals surface area (Å²) in [6.45, 7) is 5.08. The van der Waals surface area contributed by atoms with Gasteiger partial charge in [-0.05, 0) is 49.4 Å². The highest BCUT2D eigenvalue weighted by molar-refractivity contribution is 6.31. The van der Waals surface area contributed by atoms with Crippen molar-refractivity contribution in [3.05, 3.63) is 71.6 Å². The Kier molecular flexibility index (Phi) is 9.85. The number of nitrogens with one attached hydrogen (secondary N) is 2. The first-order valence-electron chi connectivity index (χ1n) is 12.6. The van der Waals surface area contributed by atoms with E-state index < -0.39 is 0 Å². The van der Waals surface area contributed by atoms with Crippen LogP contribution in [0.2, 0.25) is 5.02 Å². The Hall–Kier alpha value is -3.99. The second-order valence-electron chi connectivity index (χ2n) is 8.62. The molecule has 10 nitrogen and oxygen atoms in total. The zero-order chi connectivity index (χ0) is 27.6. The summed E-state index contributed by atoms with van der Waals surface area (Å²) in [5.74, 6) is 1.84. The summed E-state index contributed by atoms with van der Waals surface area (Å²) in [5.41, 5.74) is 1.82. The van der Waals surface area contributed by atoms with Crippen molar-refractivity contribution >= 4 is 45.7 Å². The Morgan fingerprint density at radius 3 is 2.67 bits per heavy atom. The minimum atomic E-state index is -0.300. The number of halogens is 1. The topological polar surface area (TPSA) is 122 Å². The van der Waals surface area contributed by atoms with Gasteiger partial charge in [0.05, 0.1) is 37.7 Å². The lowest BCUT2D eigenvalue weighted by Crippen LogP contribution is -2.28. The van der Waals surface area contributed by atoms with Crippen molar-refractivity contribution < 1.29 is 19.4 Å². The van der Waals surface area contributed by atoms with E-state index in [2.05, 4.69) is 37.4 Å². The van der Waals surface area contributed by atoms with E-state index in [1.54, 1.807) is 49.7 Å². The molecule has 2 aromatic carbocycles. The number of fused-ring (bicyclic) bond motifs is 1. The second kappa shape index (κ2) is 13.7. The number of carbonyl (C=O) groups is 1. The molecule has 0 aliphatic rings. The van der Waals surface area contributed by atoms with E-state index in [0.717, 1.165) is 24.9 Å². The molecular formula is C28H31ClN6O4. The number of likely N-dealkylation sites (N-methyl/N-ethyl adjacent to an activating group) is 1. The van der Waals surface area contributed by atoms with Crippen LogP contribution in [-0.2, 0) is 0 Å². The molecule has 0 aliphatic carbocycles. The molecular weight excluding hydrogens is 520 g/mol. The zero-order valence-corrected chi connectivity index (χ0v) is 22.6. The highest BCUT2D eigenvalue weighted by atomic mass is 35.5. The highest BCUT2D eigenvalue weighted by Gasteiger charge is 2.13. The van der Waals surface area contributed by atoms with Crippen LogP contribution < -0.4 is 20.1 Å². The molecule has 0 atom stereocenters. The largest absolute Gasteiger partial charge is 0.493 e. The fourth-order valence-electron chi connectivity index (χ4n) is 3.97. The number of aliphatic hydroxyl groups excluding tert-OH is 1. The third-order valence-electron chi connectivity index (χ3n) is 6.02. The highest BCUT2D eigenvalue weighted by Crippen LogP contribution is 2.34. The summed E-state index contributed by atoms with van der Waals surface area (Å²) in [6, 6.07) is 13.9. The number of anilines is 3. The van der Waals surface area contributed by atoms with Crippen LogP contribution in [0.5, 0.6) is 11.5 Å². The maximum atomic E-state index is 12.5. The molecule has 0 unspecified atom stereocenters. The Bertz CT molecular complexity index is 1400. The fraction of sp³-hybridized carbons (Fsp3) is 0.286. The number of nitrogens with zero attached hydrogens (tertiary/aromatic N) is 4. The molecule has 0 bridgehead atoms. The smallest absolute Gasteiger partial charge is 0.256 e. The van der Waals surface area contributed by atoms with Gasteiger partial charge in [0, 0.05) is 35.1 Å². The normalized spacial score (nSPS) is 11.0. The van der Waals surface area contributed by atoms with E-state index in [0.29, 0.717) is 58.1 Å². The van der Waals surface area contributed by atoms with Gasteiger partial charge in [-0.15, -0.1) is 0 Å². The van der Waals surface area contributed by atoms with Gasteiger partial charge in [-0.25, -0.2) is 15.0 Å². The summed E-state index contributed by atoms with van der Waals surface area (Å²) in [5, 5.41) is 16.4. The van der Waals surface area contributed by atoms with Crippen molar-refractivity contribution in [1.29, 1.82) is 0 Å². The summed E-state index contributed by atoms with van der Waals surface area (Å²) in [4.78, 5) is 27.7. The van der Waals surface area contributed by atoms with Crippen LogP contribution in [0.1, 0.15) is 23.7 Å². The Labute approximate surface area is 232 Å². The molecule has 0 saturated heterocycles. The van der Waals surface area contributed by atoms with Crippen LogP contribution in [0.25, 0.3) is 10.9 Å². The third kappa shape index (κ3) is 7.53. The van der Waals surface area contributed by atoms with Crippen LogP contribution in [-0.4, -0.2) is 70.8 Å². The lowest BCUT2D eigenvalue weighted by molar-refractivity contribution is 0.102. The predicted molar refractivity (Wildman–Crippen MR) is 152 cm³/mol. The minimum Gasteiger partial charge on any atom is -0.493 e. The van der Waals surface area contributed by atoms with Gasteiger partial charge >= 0.3 is 0 Å². The quantitative estimate of drug-likeness (QED) is 0.202. The number of methoxy groups -OCH3 is 1. The molecule has 39 heavy (non-hydrogen) atoms. The van der Waals surface area contributed by atoms with Gasteiger partial charge in [-0.2, -0.15) is 0 Å². The van der Waals surface area contributed by atoms with E-state index in [4.69, 9.17) is 26.2 Å². The van der Waals surface area contributed by atoms with Gasteiger partial charge in [0.25, 0.3) is 5.91 Å². The van der Waals surface area contributed by atoms with Crippen LogP contribution in [0.3, 0.4) is 0 Å². The maximum Gasteiger partial charge on any atom is 0.256 e. The van der Waals surface area contributed by atoms with Gasteiger partial charge in [-0.3, -0.25) is 4.79 Å². The molecule has 0 aliphatic heterocycles. The molecule has 3 N–H and O–H groups in total. The Balaban J connectivity index is 1.43. The molecule has 204 valence electrons. The van der Waals surface area contributed by atoms with Crippen molar-refractivity contribution in [3.63, 3.8) is 0 Å². The van der Waals surface area contributed by atoms with Crippen LogP contribution in [0.15, 0.2) is 61.1 Å². The minimum absolute atomic E-state index is 0.143. The number of aromatic nitrogens is 3. The van der Waals surface area contributed by atoms with Crippen LogP contribution in [0, 0.1) is 0 Å². The Morgan fingerprint density at radius 1 is 1.08 bits per heavy atom. The van der Waals surface area contributed by atoms with Gasteiger partial charge < -0.3 is 30.1 Å². The van der Waals surface area contributed by atoms with Crippen molar-refractivity contribution in [2.45, 2.75) is 13.3 Å². The lowest BCUT2D eigenvalue weighted by Gasteiger charge is -2.19. The number of rotatable bonds is 13. The number of aliphatic hydroxyl groups is 1. The van der Waals surface area contributed by atoms with Gasteiger partial charge in [0.2, 0.25) is 0 Å². The van der Waals surface area contributed by atoms with E-state index in [-0.39, 0.29) is 12.5 Å². The van der Waals surface area contributed by atoms with Gasteiger partial charge in [0.1, 0.15) is 18.0 Å². The summed E-state index contributed by atoms with van der Waals surface area (Å²) in [6.07, 6.45) is 3.89.